The molecule has 0 saturated heterocycles. The van der Waals surface area contributed by atoms with Crippen LogP contribution in [0.2, 0.25) is 5.02 Å². The number of halogens is 1. The van der Waals surface area contributed by atoms with Gasteiger partial charge in [0, 0.05) is 16.9 Å². The number of nitrogen functional groups attached to an aromatic ring is 1. The molecule has 2 aromatic heterocycles. The van der Waals surface area contributed by atoms with Crippen LogP contribution in [0.5, 0.6) is 0 Å². The summed E-state index contributed by atoms with van der Waals surface area (Å²) in [6, 6.07) is 7.13. The Kier molecular flexibility index (Phi) is 3.46. The van der Waals surface area contributed by atoms with E-state index in [0.29, 0.717) is 27.9 Å². The van der Waals surface area contributed by atoms with E-state index in [9.17, 15) is 0 Å². The van der Waals surface area contributed by atoms with E-state index in [2.05, 4.69) is 20.3 Å². The van der Waals surface area contributed by atoms with Crippen LogP contribution in [-0.4, -0.2) is 14.6 Å². The number of azo groups is 1. The second-order valence-corrected chi connectivity index (χ2v) is 6.02. The molecule has 0 amide bonds. The van der Waals surface area contributed by atoms with E-state index in [1.165, 1.54) is 17.7 Å². The Hall–Kier alpha value is -2.47. The third-order valence-electron chi connectivity index (χ3n) is 4.03. The van der Waals surface area contributed by atoms with E-state index in [1.807, 2.05) is 10.7 Å². The standard InChI is InChI=1S/C16H15ClN6/c17-11-5-7-12(8-6-11)20-21-14-15(18)22-23-13-4-2-1-3-10(13)9-19-16(14)23/h5-9H,1-4H2,(H2,18,22). The van der Waals surface area contributed by atoms with Crippen LogP contribution in [-0.2, 0) is 12.8 Å². The lowest BCUT2D eigenvalue weighted by Gasteiger charge is -2.15. The van der Waals surface area contributed by atoms with Crippen molar-refractivity contribution in [3.05, 3.63) is 46.7 Å². The summed E-state index contributed by atoms with van der Waals surface area (Å²) in [6.07, 6.45) is 6.29. The molecule has 6 nitrogen and oxygen atoms in total. The van der Waals surface area contributed by atoms with Crippen LogP contribution >= 0.6 is 11.6 Å². The maximum atomic E-state index is 6.03. The lowest BCUT2D eigenvalue weighted by molar-refractivity contribution is 0.641. The first-order valence-corrected chi connectivity index (χ1v) is 7.92. The van der Waals surface area contributed by atoms with Gasteiger partial charge in [-0.05, 0) is 55.5 Å². The molecule has 3 aromatic rings. The van der Waals surface area contributed by atoms with E-state index < -0.39 is 0 Å². The molecule has 0 bridgehead atoms. The van der Waals surface area contributed by atoms with E-state index in [-0.39, 0.29) is 0 Å². The molecule has 1 aromatic carbocycles. The zero-order valence-corrected chi connectivity index (χ0v) is 13.2. The van der Waals surface area contributed by atoms with Crippen molar-refractivity contribution >= 4 is 34.4 Å². The van der Waals surface area contributed by atoms with Gasteiger partial charge in [-0.15, -0.1) is 10.2 Å². The first-order chi connectivity index (χ1) is 11.2. The highest BCUT2D eigenvalue weighted by molar-refractivity contribution is 6.30. The Morgan fingerprint density at radius 2 is 1.87 bits per heavy atom. The molecule has 0 radical (unpaired) electrons. The Labute approximate surface area is 138 Å². The molecule has 1 aliphatic carbocycles. The molecule has 0 fully saturated rings. The van der Waals surface area contributed by atoms with Crippen LogP contribution in [0.25, 0.3) is 5.65 Å². The van der Waals surface area contributed by atoms with Gasteiger partial charge in [0.05, 0.1) is 5.69 Å². The molecule has 23 heavy (non-hydrogen) atoms. The molecule has 4 rings (SSSR count). The van der Waals surface area contributed by atoms with Crippen molar-refractivity contribution in [3.8, 4) is 0 Å². The normalized spacial score (nSPS) is 14.5. The summed E-state index contributed by atoms with van der Waals surface area (Å²) in [5.74, 6) is 0.342. The van der Waals surface area contributed by atoms with E-state index in [1.54, 1.807) is 24.3 Å². The molecule has 7 heteroatoms. The smallest absolute Gasteiger partial charge is 0.185 e. The first-order valence-electron chi connectivity index (χ1n) is 7.54. The van der Waals surface area contributed by atoms with Gasteiger partial charge < -0.3 is 5.73 Å². The van der Waals surface area contributed by atoms with E-state index in [4.69, 9.17) is 17.3 Å². The number of hydrogen-bond donors (Lipinski definition) is 1. The summed E-state index contributed by atoms with van der Waals surface area (Å²) in [5, 5.41) is 13.5. The van der Waals surface area contributed by atoms with Gasteiger partial charge in [-0.25, -0.2) is 9.50 Å². The Morgan fingerprint density at radius 3 is 2.70 bits per heavy atom. The minimum Gasteiger partial charge on any atom is -0.380 e. The average Bonchev–Trinajstić information content (AvgIpc) is 2.90. The SMILES string of the molecule is Nc1nn2c3c(cnc2c1N=Nc1ccc(Cl)cc1)CCCC3. The van der Waals surface area contributed by atoms with Gasteiger partial charge in [-0.2, -0.15) is 5.11 Å². The van der Waals surface area contributed by atoms with Crippen molar-refractivity contribution in [1.82, 2.24) is 14.6 Å². The second-order valence-electron chi connectivity index (χ2n) is 5.58. The number of hydrogen-bond acceptors (Lipinski definition) is 5. The fourth-order valence-corrected chi connectivity index (χ4v) is 2.99. The highest BCUT2D eigenvalue weighted by atomic mass is 35.5. The lowest BCUT2D eigenvalue weighted by atomic mass is 9.97. The zero-order chi connectivity index (χ0) is 15.8. The lowest BCUT2D eigenvalue weighted by Crippen LogP contribution is -2.10. The number of rotatable bonds is 2. The van der Waals surface area contributed by atoms with Gasteiger partial charge in [0.1, 0.15) is 0 Å². The first kappa shape index (κ1) is 14.1. The summed E-state index contributed by atoms with van der Waals surface area (Å²) in [6.45, 7) is 0. The Balaban J connectivity index is 1.78. The molecule has 2 N–H and O–H groups in total. The maximum absolute atomic E-state index is 6.03. The fourth-order valence-electron chi connectivity index (χ4n) is 2.87. The Morgan fingerprint density at radius 1 is 1.09 bits per heavy atom. The van der Waals surface area contributed by atoms with E-state index in [0.717, 1.165) is 19.3 Å². The molecule has 116 valence electrons. The maximum Gasteiger partial charge on any atom is 0.185 e. The number of nitrogens with two attached hydrogens (primary N) is 1. The van der Waals surface area contributed by atoms with Crippen LogP contribution in [0.3, 0.4) is 0 Å². The molecule has 0 aliphatic heterocycles. The number of aromatic nitrogens is 3. The molecular weight excluding hydrogens is 312 g/mol. The zero-order valence-electron chi connectivity index (χ0n) is 12.4. The third-order valence-corrected chi connectivity index (χ3v) is 4.29. The van der Waals surface area contributed by atoms with Crippen molar-refractivity contribution in [2.24, 2.45) is 10.2 Å². The largest absolute Gasteiger partial charge is 0.380 e. The number of fused-ring (bicyclic) bond motifs is 3. The summed E-state index contributed by atoms with van der Waals surface area (Å²) in [5.41, 5.74) is 10.3. The molecule has 0 saturated carbocycles. The summed E-state index contributed by atoms with van der Waals surface area (Å²) < 4.78 is 1.82. The van der Waals surface area contributed by atoms with Crippen molar-refractivity contribution < 1.29 is 0 Å². The molecule has 0 unspecified atom stereocenters. The monoisotopic (exact) mass is 326 g/mol. The predicted octanol–water partition coefficient (Wildman–Crippen LogP) is 4.26. The highest BCUT2D eigenvalue weighted by Gasteiger charge is 2.18. The molecule has 0 spiro atoms. The van der Waals surface area contributed by atoms with Gasteiger partial charge in [-0.3, -0.25) is 0 Å². The van der Waals surface area contributed by atoms with Crippen molar-refractivity contribution in [2.45, 2.75) is 25.7 Å². The Bertz CT molecular complexity index is 897. The molecular formula is C16H15ClN6. The predicted molar refractivity (Wildman–Crippen MR) is 89.7 cm³/mol. The number of aryl methyl sites for hydroxylation is 2. The average molecular weight is 327 g/mol. The van der Waals surface area contributed by atoms with Crippen LogP contribution in [0, 0.1) is 0 Å². The highest BCUT2D eigenvalue weighted by Crippen LogP contribution is 2.31. The van der Waals surface area contributed by atoms with Gasteiger partial charge in [0.2, 0.25) is 0 Å². The van der Waals surface area contributed by atoms with Crippen LogP contribution < -0.4 is 5.73 Å². The van der Waals surface area contributed by atoms with Gasteiger partial charge >= 0.3 is 0 Å². The topological polar surface area (TPSA) is 80.9 Å². The molecule has 1 aliphatic rings. The summed E-state index contributed by atoms with van der Waals surface area (Å²) in [4.78, 5) is 4.49. The second kappa shape index (κ2) is 5.62. The third kappa shape index (κ3) is 2.55. The van der Waals surface area contributed by atoms with Gasteiger partial charge in [0.25, 0.3) is 0 Å². The van der Waals surface area contributed by atoms with Crippen molar-refractivity contribution in [2.75, 3.05) is 5.73 Å². The van der Waals surface area contributed by atoms with Crippen molar-refractivity contribution in [3.63, 3.8) is 0 Å². The summed E-state index contributed by atoms with van der Waals surface area (Å²) >= 11 is 5.87. The number of anilines is 1. The number of nitrogens with zero attached hydrogens (tertiary/aromatic N) is 5. The minimum absolute atomic E-state index is 0.342. The minimum atomic E-state index is 0.342. The fraction of sp³-hybridized carbons (Fsp3) is 0.250. The quantitative estimate of drug-likeness (QED) is 0.714. The molecule has 0 atom stereocenters. The van der Waals surface area contributed by atoms with Gasteiger partial charge in [-0.1, -0.05) is 11.6 Å². The van der Waals surface area contributed by atoms with Crippen LogP contribution in [0.4, 0.5) is 17.2 Å². The van der Waals surface area contributed by atoms with Crippen molar-refractivity contribution in [1.29, 1.82) is 0 Å². The summed E-state index contributed by atoms with van der Waals surface area (Å²) in [7, 11) is 0. The van der Waals surface area contributed by atoms with Crippen LogP contribution in [0.15, 0.2) is 40.7 Å². The van der Waals surface area contributed by atoms with E-state index >= 15 is 0 Å². The van der Waals surface area contributed by atoms with Crippen LogP contribution in [0.1, 0.15) is 24.1 Å². The van der Waals surface area contributed by atoms with Gasteiger partial charge in [0.15, 0.2) is 17.2 Å². The molecule has 2 heterocycles. The number of benzene rings is 1.